The van der Waals surface area contributed by atoms with Crippen molar-refractivity contribution < 1.29 is 4.39 Å². The number of hydrogen-bond donors (Lipinski definition) is 0. The monoisotopic (exact) mass is 350 g/mol. The molecule has 0 radical (unpaired) electrons. The Morgan fingerprint density at radius 2 is 1.81 bits per heavy atom. The summed E-state index contributed by atoms with van der Waals surface area (Å²) in [4.78, 5) is 23.3. The van der Waals surface area contributed by atoms with Crippen LogP contribution >= 0.6 is 0 Å². The Labute approximate surface area is 150 Å². The Bertz CT molecular complexity index is 954. The Kier molecular flexibility index (Phi) is 4.48. The zero-order valence-corrected chi connectivity index (χ0v) is 14.3. The molecule has 0 unspecified atom stereocenters. The first-order valence-electron chi connectivity index (χ1n) is 8.72. The summed E-state index contributed by atoms with van der Waals surface area (Å²) >= 11 is 0. The van der Waals surface area contributed by atoms with E-state index in [0.717, 1.165) is 43.0 Å². The van der Waals surface area contributed by atoms with E-state index in [1.807, 2.05) is 24.3 Å². The lowest BCUT2D eigenvalue weighted by Crippen LogP contribution is -2.24. The number of rotatable bonds is 5. The molecule has 2 aromatic heterocycles. The molecule has 0 saturated carbocycles. The second-order valence-electron chi connectivity index (χ2n) is 6.38. The molecule has 5 nitrogen and oxygen atoms in total. The smallest absolute Gasteiger partial charge is 0.255 e. The number of aromatic nitrogens is 3. The van der Waals surface area contributed by atoms with Gasteiger partial charge in [0, 0.05) is 43.7 Å². The average molecular weight is 350 g/mol. The Balaban J connectivity index is 1.50. The molecule has 0 atom stereocenters. The molecule has 1 aliphatic heterocycles. The van der Waals surface area contributed by atoms with Gasteiger partial charge < -0.3 is 4.90 Å². The van der Waals surface area contributed by atoms with Crippen LogP contribution in [0, 0.1) is 5.82 Å². The predicted octanol–water partition coefficient (Wildman–Crippen LogP) is 2.90. The van der Waals surface area contributed by atoms with Gasteiger partial charge in [0.2, 0.25) is 5.95 Å². The molecule has 0 bridgehead atoms. The van der Waals surface area contributed by atoms with Crippen LogP contribution in [-0.2, 0) is 13.0 Å². The lowest BCUT2D eigenvalue weighted by atomic mass is 10.1. The third kappa shape index (κ3) is 3.35. The molecule has 1 aromatic carbocycles. The molecule has 1 aliphatic rings. The van der Waals surface area contributed by atoms with Crippen LogP contribution in [0.15, 0.2) is 59.7 Å². The number of fused-ring (bicyclic) bond motifs is 1. The van der Waals surface area contributed by atoms with Gasteiger partial charge in [-0.3, -0.25) is 14.3 Å². The van der Waals surface area contributed by atoms with Crippen molar-refractivity contribution in [2.45, 2.75) is 19.4 Å². The fourth-order valence-electron chi connectivity index (χ4n) is 3.27. The maximum Gasteiger partial charge on any atom is 0.255 e. The number of nitrogens with zero attached hydrogens (tertiary/aromatic N) is 4. The summed E-state index contributed by atoms with van der Waals surface area (Å²) < 4.78 is 14.7. The maximum absolute atomic E-state index is 13.0. The van der Waals surface area contributed by atoms with Gasteiger partial charge in [-0.2, -0.15) is 0 Å². The normalized spacial score (nSPS) is 13.0. The molecule has 132 valence electrons. The zero-order chi connectivity index (χ0) is 17.9. The lowest BCUT2D eigenvalue weighted by Gasteiger charge is -2.17. The predicted molar refractivity (Wildman–Crippen MR) is 98.7 cm³/mol. The zero-order valence-electron chi connectivity index (χ0n) is 14.3. The minimum Gasteiger partial charge on any atom is -0.340 e. The highest BCUT2D eigenvalue weighted by Crippen LogP contribution is 2.22. The van der Waals surface area contributed by atoms with E-state index < -0.39 is 0 Å². The van der Waals surface area contributed by atoms with Gasteiger partial charge in [0.05, 0.1) is 5.69 Å². The third-order valence-corrected chi connectivity index (χ3v) is 4.65. The molecule has 0 N–H and O–H groups in total. The van der Waals surface area contributed by atoms with Gasteiger partial charge in [-0.25, -0.2) is 9.37 Å². The van der Waals surface area contributed by atoms with Gasteiger partial charge in [0.1, 0.15) is 5.82 Å². The molecular formula is C20H19FN4O. The summed E-state index contributed by atoms with van der Waals surface area (Å²) in [6.45, 7) is 2.25. The molecule has 26 heavy (non-hydrogen) atoms. The van der Waals surface area contributed by atoms with Gasteiger partial charge in [0.25, 0.3) is 5.56 Å². The summed E-state index contributed by atoms with van der Waals surface area (Å²) in [5, 5.41) is 0. The van der Waals surface area contributed by atoms with E-state index in [4.69, 9.17) is 4.98 Å². The van der Waals surface area contributed by atoms with Crippen molar-refractivity contribution in [2.75, 3.05) is 18.0 Å². The van der Waals surface area contributed by atoms with Crippen LogP contribution in [0.5, 0.6) is 0 Å². The Morgan fingerprint density at radius 3 is 2.58 bits per heavy atom. The van der Waals surface area contributed by atoms with Gasteiger partial charge in [-0.05, 0) is 42.7 Å². The molecule has 0 amide bonds. The minimum atomic E-state index is -0.213. The van der Waals surface area contributed by atoms with E-state index in [1.54, 1.807) is 23.0 Å². The van der Waals surface area contributed by atoms with Crippen LogP contribution in [0.4, 0.5) is 10.3 Å². The second kappa shape index (κ2) is 7.07. The Hall–Kier alpha value is -3.02. The third-order valence-electron chi connectivity index (χ3n) is 4.65. The van der Waals surface area contributed by atoms with Crippen molar-refractivity contribution >= 4 is 5.95 Å². The summed E-state index contributed by atoms with van der Waals surface area (Å²) in [5.74, 6) is 0.512. The average Bonchev–Trinajstić information content (AvgIpc) is 3.08. The van der Waals surface area contributed by atoms with E-state index in [0.29, 0.717) is 12.2 Å². The molecule has 4 rings (SSSR count). The summed E-state index contributed by atoms with van der Waals surface area (Å²) in [6, 6.07) is 11.9. The first kappa shape index (κ1) is 16.4. The molecule has 0 spiro atoms. The largest absolute Gasteiger partial charge is 0.340 e. The molecule has 3 heterocycles. The van der Waals surface area contributed by atoms with E-state index >= 15 is 0 Å². The highest BCUT2D eigenvalue weighted by Gasteiger charge is 2.22. The van der Waals surface area contributed by atoms with Gasteiger partial charge in [-0.15, -0.1) is 0 Å². The number of halogens is 1. The molecule has 6 heteroatoms. The quantitative estimate of drug-likeness (QED) is 0.710. The summed E-state index contributed by atoms with van der Waals surface area (Å²) in [5.41, 5.74) is 2.65. The fraction of sp³-hybridized carbons (Fsp3) is 0.250. The first-order valence-corrected chi connectivity index (χ1v) is 8.72. The number of pyridine rings is 1. The van der Waals surface area contributed by atoms with Crippen LogP contribution < -0.4 is 10.5 Å². The maximum atomic E-state index is 13.0. The highest BCUT2D eigenvalue weighted by molar-refractivity contribution is 5.59. The first-order chi connectivity index (χ1) is 12.7. The lowest BCUT2D eigenvalue weighted by molar-refractivity contribution is 0.626. The van der Waals surface area contributed by atoms with Crippen molar-refractivity contribution in [3.05, 3.63) is 76.6 Å². The fourth-order valence-corrected chi connectivity index (χ4v) is 3.27. The van der Waals surface area contributed by atoms with Crippen LogP contribution in [0.2, 0.25) is 0 Å². The summed E-state index contributed by atoms with van der Waals surface area (Å²) in [7, 11) is 0. The van der Waals surface area contributed by atoms with E-state index in [2.05, 4.69) is 9.88 Å². The second-order valence-corrected chi connectivity index (χ2v) is 6.38. The molecule has 3 aromatic rings. The number of anilines is 1. The van der Waals surface area contributed by atoms with E-state index in [9.17, 15) is 9.18 Å². The number of benzene rings is 1. The van der Waals surface area contributed by atoms with Crippen molar-refractivity contribution in [1.29, 1.82) is 0 Å². The van der Waals surface area contributed by atoms with Crippen LogP contribution in [0.25, 0.3) is 11.3 Å². The topological polar surface area (TPSA) is 51.0 Å². The standard InChI is InChI=1S/C20H19FN4O/c21-17-5-3-15(4-6-17)2-1-11-24-12-13-25-19(26)14-18(23-20(24)25)16-7-9-22-10-8-16/h3-10,14H,1-2,11-13H2. The Morgan fingerprint density at radius 1 is 1.04 bits per heavy atom. The molecule has 0 aliphatic carbocycles. The number of aryl methyl sites for hydroxylation is 1. The van der Waals surface area contributed by atoms with Gasteiger partial charge >= 0.3 is 0 Å². The number of hydrogen-bond acceptors (Lipinski definition) is 4. The molecule has 0 saturated heterocycles. The van der Waals surface area contributed by atoms with Crippen molar-refractivity contribution in [3.8, 4) is 11.3 Å². The van der Waals surface area contributed by atoms with Gasteiger partial charge in [-0.1, -0.05) is 12.1 Å². The van der Waals surface area contributed by atoms with Crippen molar-refractivity contribution in [3.63, 3.8) is 0 Å². The van der Waals surface area contributed by atoms with Crippen molar-refractivity contribution in [1.82, 2.24) is 14.5 Å². The molecule has 0 fully saturated rings. The minimum absolute atomic E-state index is 0.0251. The van der Waals surface area contributed by atoms with Crippen LogP contribution in [0.3, 0.4) is 0 Å². The SMILES string of the molecule is O=c1cc(-c2ccncc2)nc2n1CCN2CCCc1ccc(F)cc1. The van der Waals surface area contributed by atoms with E-state index in [-0.39, 0.29) is 11.4 Å². The van der Waals surface area contributed by atoms with Gasteiger partial charge in [0.15, 0.2) is 0 Å². The van der Waals surface area contributed by atoms with Crippen LogP contribution in [0.1, 0.15) is 12.0 Å². The summed E-state index contributed by atoms with van der Waals surface area (Å²) in [6.07, 6.45) is 5.18. The molecular weight excluding hydrogens is 331 g/mol. The van der Waals surface area contributed by atoms with Crippen LogP contribution in [-0.4, -0.2) is 27.6 Å². The van der Waals surface area contributed by atoms with E-state index in [1.165, 1.54) is 12.1 Å². The van der Waals surface area contributed by atoms with Crippen molar-refractivity contribution in [2.24, 2.45) is 0 Å². The highest BCUT2D eigenvalue weighted by atomic mass is 19.1.